The van der Waals surface area contributed by atoms with E-state index in [-0.39, 0.29) is 12.7 Å². The predicted molar refractivity (Wildman–Crippen MR) is 63.0 cm³/mol. The van der Waals surface area contributed by atoms with Crippen LogP contribution in [0.5, 0.6) is 0 Å². The van der Waals surface area contributed by atoms with Gasteiger partial charge in [0.25, 0.3) is 0 Å². The zero-order valence-electron chi connectivity index (χ0n) is 9.89. The first-order valence-corrected chi connectivity index (χ1v) is 5.59. The minimum atomic E-state index is -1.18. The van der Waals surface area contributed by atoms with Crippen LogP contribution in [0.15, 0.2) is 30.3 Å². The van der Waals surface area contributed by atoms with Gasteiger partial charge >= 0.3 is 0 Å². The van der Waals surface area contributed by atoms with Crippen LogP contribution in [0.25, 0.3) is 0 Å². The fraction of sp³-hybridized carbons (Fsp3) is 0.538. The van der Waals surface area contributed by atoms with Gasteiger partial charge in [-0.2, -0.15) is 0 Å². The van der Waals surface area contributed by atoms with Gasteiger partial charge in [0, 0.05) is 0 Å². The normalized spacial score (nSPS) is 16.8. The van der Waals surface area contributed by atoms with Gasteiger partial charge in [0.2, 0.25) is 0 Å². The van der Waals surface area contributed by atoms with Crippen LogP contribution in [-0.4, -0.2) is 28.5 Å². The maximum absolute atomic E-state index is 9.89. The second-order valence-corrected chi connectivity index (χ2v) is 4.21. The van der Waals surface area contributed by atoms with E-state index in [1.54, 1.807) is 6.92 Å². The van der Waals surface area contributed by atoms with Gasteiger partial charge in [0.15, 0.2) is 0 Å². The average Bonchev–Trinajstić information content (AvgIpc) is 2.31. The molecule has 0 heterocycles. The summed E-state index contributed by atoms with van der Waals surface area (Å²) in [7, 11) is 0. The lowest BCUT2D eigenvalue weighted by atomic mass is 9.98. The number of benzene rings is 1. The molecule has 0 aromatic heterocycles. The molecule has 0 unspecified atom stereocenters. The van der Waals surface area contributed by atoms with Gasteiger partial charge in [-0.25, -0.2) is 0 Å². The fourth-order valence-corrected chi connectivity index (χ4v) is 1.61. The summed E-state index contributed by atoms with van der Waals surface area (Å²) in [4.78, 5) is 0. The smallest absolute Gasteiger partial charge is 0.111 e. The van der Waals surface area contributed by atoms with Crippen molar-refractivity contribution >= 4 is 0 Å². The van der Waals surface area contributed by atoms with Crippen molar-refractivity contribution in [3.63, 3.8) is 0 Å². The largest absolute Gasteiger partial charge is 0.393 e. The first kappa shape index (κ1) is 13.2. The molecule has 1 aromatic carbocycles. The molecule has 3 heteroatoms. The first-order chi connectivity index (χ1) is 7.60. The Bertz CT molecular complexity index is 295. The average molecular weight is 224 g/mol. The minimum absolute atomic E-state index is 0.291. The quantitative estimate of drug-likeness (QED) is 0.773. The fourth-order valence-electron chi connectivity index (χ4n) is 1.61. The third-order valence-corrected chi connectivity index (χ3v) is 2.68. The molecule has 16 heavy (non-hydrogen) atoms. The van der Waals surface area contributed by atoms with Crippen LogP contribution in [0, 0.1) is 0 Å². The number of ether oxygens (including phenoxy) is 1. The summed E-state index contributed by atoms with van der Waals surface area (Å²) in [6.07, 6.45) is 0.318. The van der Waals surface area contributed by atoms with E-state index in [2.05, 4.69) is 0 Å². The first-order valence-electron chi connectivity index (χ1n) is 5.59. The van der Waals surface area contributed by atoms with Crippen molar-refractivity contribution in [3.05, 3.63) is 35.9 Å². The molecule has 90 valence electrons. The predicted octanol–water partition coefficient (Wildman–Crippen LogP) is 1.73. The molecule has 2 N–H and O–H groups in total. The maximum atomic E-state index is 9.89. The van der Waals surface area contributed by atoms with E-state index in [9.17, 15) is 5.11 Å². The lowest BCUT2D eigenvalue weighted by Gasteiger charge is -2.30. The Morgan fingerprint density at radius 3 is 2.44 bits per heavy atom. The molecule has 0 bridgehead atoms. The van der Waals surface area contributed by atoms with Crippen molar-refractivity contribution < 1.29 is 14.9 Å². The molecule has 0 amide bonds. The van der Waals surface area contributed by atoms with Crippen LogP contribution in [0.2, 0.25) is 0 Å². The molecular formula is C13H20O3. The highest BCUT2D eigenvalue weighted by Crippen LogP contribution is 2.17. The third kappa shape index (κ3) is 3.59. The Morgan fingerprint density at radius 1 is 1.31 bits per heavy atom. The molecular weight excluding hydrogens is 204 g/mol. The van der Waals surface area contributed by atoms with Crippen LogP contribution >= 0.6 is 0 Å². The van der Waals surface area contributed by atoms with Crippen molar-refractivity contribution in [2.45, 2.75) is 38.6 Å². The molecule has 0 aliphatic heterocycles. The maximum Gasteiger partial charge on any atom is 0.111 e. The number of hydrogen-bond acceptors (Lipinski definition) is 3. The summed E-state index contributed by atoms with van der Waals surface area (Å²) in [6, 6.07) is 9.79. The third-order valence-electron chi connectivity index (χ3n) is 2.68. The Morgan fingerprint density at radius 2 is 1.94 bits per heavy atom. The number of hydrogen-bond donors (Lipinski definition) is 2. The molecule has 0 aliphatic carbocycles. The van der Waals surface area contributed by atoms with Crippen molar-refractivity contribution in [1.29, 1.82) is 0 Å². The minimum Gasteiger partial charge on any atom is -0.393 e. The molecule has 0 saturated carbocycles. The van der Waals surface area contributed by atoms with Gasteiger partial charge in [-0.1, -0.05) is 37.3 Å². The summed E-state index contributed by atoms with van der Waals surface area (Å²) in [5, 5.41) is 18.9. The Labute approximate surface area is 96.7 Å². The van der Waals surface area contributed by atoms with Crippen LogP contribution in [0.4, 0.5) is 0 Å². The second-order valence-electron chi connectivity index (χ2n) is 4.21. The Hall–Kier alpha value is -0.900. The van der Waals surface area contributed by atoms with Crippen LogP contribution in [0.3, 0.4) is 0 Å². The van der Waals surface area contributed by atoms with Crippen molar-refractivity contribution in [3.8, 4) is 0 Å². The Balaban J connectivity index is 2.53. The van der Waals surface area contributed by atoms with Gasteiger partial charge in [-0.05, 0) is 18.9 Å². The van der Waals surface area contributed by atoms with E-state index < -0.39 is 5.60 Å². The monoisotopic (exact) mass is 224 g/mol. The molecule has 3 nitrogen and oxygen atoms in total. The van der Waals surface area contributed by atoms with E-state index in [0.717, 1.165) is 5.56 Å². The van der Waals surface area contributed by atoms with Crippen LogP contribution < -0.4 is 0 Å². The van der Waals surface area contributed by atoms with Crippen LogP contribution in [0.1, 0.15) is 25.8 Å². The summed E-state index contributed by atoms with van der Waals surface area (Å²) in [6.45, 7) is 3.68. The van der Waals surface area contributed by atoms with Gasteiger partial charge in [-0.3, -0.25) is 0 Å². The summed E-state index contributed by atoms with van der Waals surface area (Å²) < 4.78 is 5.62. The lowest BCUT2D eigenvalue weighted by Crippen LogP contribution is -2.44. The Kier molecular flexibility index (Phi) is 4.93. The van der Waals surface area contributed by atoms with Crippen molar-refractivity contribution in [2.75, 3.05) is 6.61 Å². The zero-order valence-corrected chi connectivity index (χ0v) is 9.89. The summed E-state index contributed by atoms with van der Waals surface area (Å²) >= 11 is 0. The summed E-state index contributed by atoms with van der Waals surface area (Å²) in [5.41, 5.74) is -0.113. The van der Waals surface area contributed by atoms with E-state index in [0.29, 0.717) is 13.0 Å². The zero-order chi connectivity index (χ0) is 12.0. The lowest BCUT2D eigenvalue weighted by molar-refractivity contribution is -0.127. The SMILES string of the molecule is CC[C@@H](OCc1ccccc1)[C@](C)(O)CO. The second kappa shape index (κ2) is 5.99. The number of rotatable bonds is 6. The molecule has 0 radical (unpaired) electrons. The standard InChI is InChI=1S/C13H20O3/c1-3-12(13(2,15)10-14)16-9-11-7-5-4-6-8-11/h4-8,12,14-15H,3,9-10H2,1-2H3/t12-,13-/m1/s1. The van der Waals surface area contributed by atoms with E-state index >= 15 is 0 Å². The molecule has 0 fully saturated rings. The molecule has 0 saturated heterocycles. The van der Waals surface area contributed by atoms with Crippen molar-refractivity contribution in [1.82, 2.24) is 0 Å². The molecule has 0 aliphatic rings. The van der Waals surface area contributed by atoms with Gasteiger partial charge in [-0.15, -0.1) is 0 Å². The molecule has 1 rings (SSSR count). The molecule has 0 spiro atoms. The number of aliphatic hydroxyl groups excluding tert-OH is 1. The van der Waals surface area contributed by atoms with Crippen LogP contribution in [-0.2, 0) is 11.3 Å². The number of aliphatic hydroxyl groups is 2. The van der Waals surface area contributed by atoms with Gasteiger partial charge in [0.1, 0.15) is 5.60 Å². The van der Waals surface area contributed by atoms with Gasteiger partial charge in [0.05, 0.1) is 19.3 Å². The highest BCUT2D eigenvalue weighted by atomic mass is 16.5. The van der Waals surface area contributed by atoms with Gasteiger partial charge < -0.3 is 14.9 Å². The highest BCUT2D eigenvalue weighted by molar-refractivity contribution is 5.13. The van der Waals surface area contributed by atoms with E-state index in [1.807, 2.05) is 37.3 Å². The topological polar surface area (TPSA) is 49.7 Å². The molecule has 1 aromatic rings. The highest BCUT2D eigenvalue weighted by Gasteiger charge is 2.30. The van der Waals surface area contributed by atoms with E-state index in [4.69, 9.17) is 9.84 Å². The van der Waals surface area contributed by atoms with Crippen molar-refractivity contribution in [2.24, 2.45) is 0 Å². The van der Waals surface area contributed by atoms with E-state index in [1.165, 1.54) is 0 Å². The summed E-state index contributed by atoms with van der Waals surface area (Å²) in [5.74, 6) is 0. The molecule has 2 atom stereocenters.